The number of hydrogen-bond donors (Lipinski definition) is 0. The molecular formula is C17H16IN3. The zero-order valence-corrected chi connectivity index (χ0v) is 13.8. The molecule has 3 rings (SSSR count). The van der Waals surface area contributed by atoms with E-state index in [2.05, 4.69) is 67.5 Å². The van der Waals surface area contributed by atoms with Crippen molar-refractivity contribution in [2.75, 3.05) is 0 Å². The van der Waals surface area contributed by atoms with Gasteiger partial charge in [-0.2, -0.15) is 0 Å². The number of pyridine rings is 1. The van der Waals surface area contributed by atoms with Gasteiger partial charge in [0.25, 0.3) is 0 Å². The summed E-state index contributed by atoms with van der Waals surface area (Å²) >= 11 is 2.30. The summed E-state index contributed by atoms with van der Waals surface area (Å²) in [5, 5.41) is 0. The summed E-state index contributed by atoms with van der Waals surface area (Å²) in [5.74, 6) is 0. The van der Waals surface area contributed by atoms with E-state index in [-0.39, 0.29) is 0 Å². The van der Waals surface area contributed by atoms with Gasteiger partial charge in [0.2, 0.25) is 0 Å². The molecule has 3 nitrogen and oxygen atoms in total. The number of benzene rings is 1. The highest BCUT2D eigenvalue weighted by Gasteiger charge is 2.09. The Hall–Kier alpha value is -1.69. The van der Waals surface area contributed by atoms with Crippen molar-refractivity contribution >= 4 is 22.6 Å². The van der Waals surface area contributed by atoms with Gasteiger partial charge in [0.1, 0.15) is 0 Å². The van der Waals surface area contributed by atoms with Crippen LogP contribution in [0.2, 0.25) is 0 Å². The summed E-state index contributed by atoms with van der Waals surface area (Å²) < 4.78 is 3.31. The SMILES string of the molecule is Ic1ncc(-c2ccncc2)n1CCCc1ccccc1. The minimum Gasteiger partial charge on any atom is -0.319 e. The number of hydrogen-bond acceptors (Lipinski definition) is 2. The first kappa shape index (κ1) is 14.3. The Morgan fingerprint density at radius 3 is 2.52 bits per heavy atom. The van der Waals surface area contributed by atoms with Crippen LogP contribution < -0.4 is 0 Å². The van der Waals surface area contributed by atoms with Crippen molar-refractivity contribution in [3.63, 3.8) is 0 Å². The molecule has 106 valence electrons. The molecule has 4 heteroatoms. The first-order valence-electron chi connectivity index (χ1n) is 7.00. The van der Waals surface area contributed by atoms with E-state index >= 15 is 0 Å². The molecule has 0 N–H and O–H groups in total. The van der Waals surface area contributed by atoms with Gasteiger partial charge in [-0.1, -0.05) is 30.3 Å². The predicted octanol–water partition coefficient (Wildman–Crippen LogP) is 4.18. The van der Waals surface area contributed by atoms with Crippen LogP contribution in [0.4, 0.5) is 0 Å². The molecule has 0 aliphatic carbocycles. The maximum Gasteiger partial charge on any atom is 0.171 e. The molecule has 0 unspecified atom stereocenters. The third kappa shape index (κ3) is 3.50. The van der Waals surface area contributed by atoms with Gasteiger partial charge in [-0.05, 0) is 53.1 Å². The van der Waals surface area contributed by atoms with Crippen LogP contribution in [0.1, 0.15) is 12.0 Å². The topological polar surface area (TPSA) is 30.7 Å². The molecule has 0 fully saturated rings. The Bertz CT molecular complexity index is 693. The summed E-state index contributed by atoms with van der Waals surface area (Å²) in [6, 6.07) is 14.7. The van der Waals surface area contributed by atoms with Crippen LogP contribution in [0.25, 0.3) is 11.3 Å². The van der Waals surface area contributed by atoms with E-state index in [9.17, 15) is 0 Å². The average molecular weight is 389 g/mol. The van der Waals surface area contributed by atoms with Gasteiger partial charge in [-0.15, -0.1) is 0 Å². The van der Waals surface area contributed by atoms with E-state index in [0.717, 1.165) is 28.9 Å². The van der Waals surface area contributed by atoms with Gasteiger partial charge in [0.05, 0.1) is 11.9 Å². The van der Waals surface area contributed by atoms with Crippen LogP contribution in [0.5, 0.6) is 0 Å². The molecule has 0 aliphatic rings. The Labute approximate surface area is 138 Å². The van der Waals surface area contributed by atoms with E-state index in [1.165, 1.54) is 11.1 Å². The fourth-order valence-corrected chi connectivity index (χ4v) is 3.05. The summed E-state index contributed by atoms with van der Waals surface area (Å²) in [7, 11) is 0. The maximum absolute atomic E-state index is 4.45. The number of imidazole rings is 1. The molecule has 0 spiro atoms. The summed E-state index contributed by atoms with van der Waals surface area (Å²) in [5.41, 5.74) is 3.72. The smallest absolute Gasteiger partial charge is 0.171 e. The summed E-state index contributed by atoms with van der Waals surface area (Å²) in [6.07, 6.45) is 7.78. The van der Waals surface area contributed by atoms with Gasteiger partial charge in [0.15, 0.2) is 3.83 Å². The molecule has 0 saturated carbocycles. The van der Waals surface area contributed by atoms with E-state index < -0.39 is 0 Å². The fourth-order valence-electron chi connectivity index (χ4n) is 2.40. The molecule has 0 radical (unpaired) electrons. The quantitative estimate of drug-likeness (QED) is 0.613. The van der Waals surface area contributed by atoms with Crippen LogP contribution in [0.3, 0.4) is 0 Å². The molecule has 3 aromatic rings. The molecule has 0 atom stereocenters. The van der Waals surface area contributed by atoms with Crippen molar-refractivity contribution < 1.29 is 0 Å². The largest absolute Gasteiger partial charge is 0.319 e. The highest BCUT2D eigenvalue weighted by molar-refractivity contribution is 14.1. The van der Waals surface area contributed by atoms with E-state index in [0.29, 0.717) is 0 Å². The van der Waals surface area contributed by atoms with Crippen molar-refractivity contribution in [3.05, 3.63) is 70.4 Å². The predicted molar refractivity (Wildman–Crippen MR) is 92.9 cm³/mol. The van der Waals surface area contributed by atoms with Crippen LogP contribution >= 0.6 is 22.6 Å². The Morgan fingerprint density at radius 2 is 1.76 bits per heavy atom. The number of nitrogens with zero attached hydrogens (tertiary/aromatic N) is 3. The Morgan fingerprint density at radius 1 is 1.00 bits per heavy atom. The average Bonchev–Trinajstić information content (AvgIpc) is 2.91. The van der Waals surface area contributed by atoms with Crippen molar-refractivity contribution in [1.29, 1.82) is 0 Å². The standard InChI is InChI=1S/C17H16IN3/c18-17-20-13-16(15-8-10-19-11-9-15)21(17)12-4-7-14-5-2-1-3-6-14/h1-3,5-6,8-11,13H,4,7,12H2. The Kier molecular flexibility index (Phi) is 4.65. The normalized spacial score (nSPS) is 10.7. The number of aromatic nitrogens is 3. The van der Waals surface area contributed by atoms with Gasteiger partial charge < -0.3 is 4.57 Å². The summed E-state index contributed by atoms with van der Waals surface area (Å²) in [6.45, 7) is 0.977. The molecule has 1 aromatic carbocycles. The molecular weight excluding hydrogens is 373 g/mol. The third-order valence-electron chi connectivity index (χ3n) is 3.47. The molecule has 0 saturated heterocycles. The van der Waals surface area contributed by atoms with Gasteiger partial charge in [-0.25, -0.2) is 4.98 Å². The zero-order valence-electron chi connectivity index (χ0n) is 11.6. The van der Waals surface area contributed by atoms with Crippen molar-refractivity contribution in [2.45, 2.75) is 19.4 Å². The molecule has 0 bridgehead atoms. The number of halogens is 1. The Balaban J connectivity index is 1.72. The lowest BCUT2D eigenvalue weighted by Gasteiger charge is -2.09. The van der Waals surface area contributed by atoms with E-state index in [4.69, 9.17) is 0 Å². The highest BCUT2D eigenvalue weighted by atomic mass is 127. The molecule has 0 aliphatic heterocycles. The van der Waals surface area contributed by atoms with Gasteiger partial charge in [0, 0.05) is 24.5 Å². The second-order valence-corrected chi connectivity index (χ2v) is 5.85. The molecule has 2 aromatic heterocycles. The number of rotatable bonds is 5. The van der Waals surface area contributed by atoms with Crippen LogP contribution in [-0.4, -0.2) is 14.5 Å². The molecule has 21 heavy (non-hydrogen) atoms. The highest BCUT2D eigenvalue weighted by Crippen LogP contribution is 2.21. The van der Waals surface area contributed by atoms with Gasteiger partial charge >= 0.3 is 0 Å². The second-order valence-electron chi connectivity index (χ2n) is 4.89. The van der Waals surface area contributed by atoms with Crippen LogP contribution in [0.15, 0.2) is 61.1 Å². The maximum atomic E-state index is 4.45. The second kappa shape index (κ2) is 6.85. The lowest BCUT2D eigenvalue weighted by molar-refractivity contribution is 0.634. The first-order chi connectivity index (χ1) is 10.3. The third-order valence-corrected chi connectivity index (χ3v) is 4.33. The van der Waals surface area contributed by atoms with Crippen LogP contribution in [-0.2, 0) is 13.0 Å². The van der Waals surface area contributed by atoms with Crippen molar-refractivity contribution in [2.24, 2.45) is 0 Å². The van der Waals surface area contributed by atoms with Crippen molar-refractivity contribution in [1.82, 2.24) is 14.5 Å². The minimum absolute atomic E-state index is 0.977. The van der Waals surface area contributed by atoms with Crippen LogP contribution in [0, 0.1) is 3.83 Å². The monoisotopic (exact) mass is 389 g/mol. The summed E-state index contributed by atoms with van der Waals surface area (Å²) in [4.78, 5) is 8.53. The minimum atomic E-state index is 0.977. The first-order valence-corrected chi connectivity index (χ1v) is 8.08. The fraction of sp³-hybridized carbons (Fsp3) is 0.176. The van der Waals surface area contributed by atoms with E-state index in [1.54, 1.807) is 0 Å². The lowest BCUT2D eigenvalue weighted by atomic mass is 10.1. The van der Waals surface area contributed by atoms with Crippen molar-refractivity contribution in [3.8, 4) is 11.3 Å². The lowest BCUT2D eigenvalue weighted by Crippen LogP contribution is -2.04. The van der Waals surface area contributed by atoms with Gasteiger partial charge in [-0.3, -0.25) is 4.98 Å². The molecule has 0 amide bonds. The molecule has 2 heterocycles. The number of aryl methyl sites for hydroxylation is 1. The van der Waals surface area contributed by atoms with E-state index in [1.807, 2.05) is 30.7 Å². The zero-order chi connectivity index (χ0) is 14.5.